The fraction of sp³-hybridized carbons (Fsp3) is 0.375. The second kappa shape index (κ2) is 7.09. The van der Waals surface area contributed by atoms with E-state index < -0.39 is 29.0 Å². The number of carbonyl (C=O) groups is 1. The van der Waals surface area contributed by atoms with E-state index in [-0.39, 0.29) is 5.13 Å². The maximum atomic E-state index is 13.4. The third kappa shape index (κ3) is 4.35. The van der Waals surface area contributed by atoms with Crippen LogP contribution in [0.4, 0.5) is 22.7 Å². The molecular formula is C16H15F4N3OS. The van der Waals surface area contributed by atoms with Crippen LogP contribution in [0.3, 0.4) is 0 Å². The Bertz CT molecular complexity index is 769. The molecule has 9 heteroatoms. The number of nitrogens with one attached hydrogen (secondary N) is 2. The summed E-state index contributed by atoms with van der Waals surface area (Å²) in [4.78, 5) is 17.3. The summed E-state index contributed by atoms with van der Waals surface area (Å²) in [6.07, 6.45) is -1.12. The van der Waals surface area contributed by atoms with Gasteiger partial charge in [-0.05, 0) is 50.0 Å². The van der Waals surface area contributed by atoms with E-state index in [0.29, 0.717) is 18.1 Å². The molecule has 0 aliphatic carbocycles. The fourth-order valence-corrected chi connectivity index (χ4v) is 3.67. The molecule has 0 radical (unpaired) electrons. The van der Waals surface area contributed by atoms with Crippen molar-refractivity contribution in [1.82, 2.24) is 10.3 Å². The zero-order valence-electron chi connectivity index (χ0n) is 13.0. The minimum absolute atomic E-state index is 0.288. The number of amides is 1. The van der Waals surface area contributed by atoms with Gasteiger partial charge >= 0.3 is 6.18 Å². The molecule has 1 aromatic carbocycles. The molecular weight excluding hydrogens is 358 g/mol. The number of halogens is 4. The van der Waals surface area contributed by atoms with Gasteiger partial charge in [0, 0.05) is 16.6 Å². The van der Waals surface area contributed by atoms with E-state index in [0.717, 1.165) is 36.9 Å². The van der Waals surface area contributed by atoms with E-state index in [1.165, 1.54) is 11.3 Å². The van der Waals surface area contributed by atoms with Crippen LogP contribution in [-0.2, 0) is 6.18 Å². The lowest BCUT2D eigenvalue weighted by atomic mass is 9.97. The topological polar surface area (TPSA) is 54.0 Å². The predicted molar refractivity (Wildman–Crippen MR) is 86.3 cm³/mol. The molecule has 1 amide bonds. The molecule has 1 saturated heterocycles. The van der Waals surface area contributed by atoms with E-state index in [1.807, 2.05) is 0 Å². The van der Waals surface area contributed by atoms with Crippen LogP contribution in [0.5, 0.6) is 0 Å². The smallest absolute Gasteiger partial charge is 0.317 e. The van der Waals surface area contributed by atoms with Gasteiger partial charge in [0.1, 0.15) is 5.82 Å². The molecule has 25 heavy (non-hydrogen) atoms. The normalized spacial score (nSPS) is 16.0. The molecule has 0 saturated carbocycles. The van der Waals surface area contributed by atoms with E-state index in [4.69, 9.17) is 0 Å². The highest BCUT2D eigenvalue weighted by Crippen LogP contribution is 2.33. The lowest BCUT2D eigenvalue weighted by Gasteiger charge is -2.20. The van der Waals surface area contributed by atoms with Crippen molar-refractivity contribution in [2.24, 2.45) is 0 Å². The fourth-order valence-electron chi connectivity index (χ4n) is 2.69. The number of nitrogens with zero attached hydrogens (tertiary/aromatic N) is 1. The number of carbonyl (C=O) groups excluding carboxylic acids is 1. The van der Waals surface area contributed by atoms with Gasteiger partial charge in [0.15, 0.2) is 5.13 Å². The van der Waals surface area contributed by atoms with Gasteiger partial charge in [0.2, 0.25) is 0 Å². The van der Waals surface area contributed by atoms with E-state index in [2.05, 4.69) is 15.6 Å². The third-order valence-electron chi connectivity index (χ3n) is 3.97. The second-order valence-corrected chi connectivity index (χ2v) is 6.83. The Balaban J connectivity index is 1.74. The van der Waals surface area contributed by atoms with Gasteiger partial charge in [0.25, 0.3) is 5.91 Å². The number of hydrogen-bond acceptors (Lipinski definition) is 4. The van der Waals surface area contributed by atoms with Gasteiger partial charge in [-0.25, -0.2) is 9.37 Å². The Morgan fingerprint density at radius 3 is 2.64 bits per heavy atom. The summed E-state index contributed by atoms with van der Waals surface area (Å²) in [7, 11) is 0. The molecule has 2 N–H and O–H groups in total. The van der Waals surface area contributed by atoms with Gasteiger partial charge in [-0.15, -0.1) is 11.3 Å². The summed E-state index contributed by atoms with van der Waals surface area (Å²) in [5.41, 5.74) is -1.60. The molecule has 1 aliphatic heterocycles. The number of alkyl halides is 3. The number of rotatable bonds is 3. The minimum atomic E-state index is -4.72. The molecule has 0 bridgehead atoms. The second-order valence-electron chi connectivity index (χ2n) is 5.77. The Labute approximate surface area is 145 Å². The highest BCUT2D eigenvalue weighted by atomic mass is 32.1. The maximum absolute atomic E-state index is 13.4. The van der Waals surface area contributed by atoms with Crippen molar-refractivity contribution < 1.29 is 22.4 Å². The molecule has 1 fully saturated rings. The summed E-state index contributed by atoms with van der Waals surface area (Å²) in [6.45, 7) is 1.82. The summed E-state index contributed by atoms with van der Waals surface area (Å²) >= 11 is 1.29. The molecule has 0 unspecified atom stereocenters. The van der Waals surface area contributed by atoms with Crippen molar-refractivity contribution in [1.29, 1.82) is 0 Å². The van der Waals surface area contributed by atoms with Crippen LogP contribution < -0.4 is 10.6 Å². The van der Waals surface area contributed by atoms with Crippen molar-refractivity contribution in [3.8, 4) is 0 Å². The minimum Gasteiger partial charge on any atom is -0.317 e. The molecule has 4 nitrogen and oxygen atoms in total. The molecule has 0 spiro atoms. The molecule has 1 aromatic heterocycles. The molecule has 134 valence electrons. The van der Waals surface area contributed by atoms with Crippen LogP contribution in [0.2, 0.25) is 0 Å². The highest BCUT2D eigenvalue weighted by molar-refractivity contribution is 7.15. The van der Waals surface area contributed by atoms with Crippen LogP contribution in [0.25, 0.3) is 0 Å². The monoisotopic (exact) mass is 373 g/mol. The molecule has 1 aliphatic rings. The summed E-state index contributed by atoms with van der Waals surface area (Å²) < 4.78 is 51.6. The first kappa shape index (κ1) is 17.8. The average Bonchev–Trinajstić information content (AvgIpc) is 3.03. The van der Waals surface area contributed by atoms with Crippen molar-refractivity contribution in [3.05, 3.63) is 46.2 Å². The highest BCUT2D eigenvalue weighted by Gasteiger charge is 2.32. The van der Waals surface area contributed by atoms with Gasteiger partial charge < -0.3 is 5.32 Å². The first-order valence-electron chi connectivity index (χ1n) is 7.68. The molecule has 2 aromatic rings. The Morgan fingerprint density at radius 2 is 1.96 bits per heavy atom. The lowest BCUT2D eigenvalue weighted by molar-refractivity contribution is -0.137. The number of anilines is 1. The van der Waals surface area contributed by atoms with Crippen LogP contribution in [-0.4, -0.2) is 24.0 Å². The standard InChI is InChI=1S/C16H15F4N3OS/c17-12-6-10(5-11(7-12)16(18,19)20)14(24)23-15-22-8-13(25-15)9-1-3-21-4-2-9/h5-9,21H,1-4H2,(H,22,23,24). The molecule has 2 heterocycles. The van der Waals surface area contributed by atoms with Crippen LogP contribution in [0, 0.1) is 5.82 Å². The summed E-state index contributed by atoms with van der Waals surface area (Å²) in [5.74, 6) is -1.58. The van der Waals surface area contributed by atoms with Crippen molar-refractivity contribution >= 4 is 22.4 Å². The van der Waals surface area contributed by atoms with Crippen LogP contribution in [0.1, 0.15) is 39.6 Å². The first-order chi connectivity index (χ1) is 11.8. The molecule has 3 rings (SSSR count). The van der Waals surface area contributed by atoms with Gasteiger partial charge in [-0.1, -0.05) is 0 Å². The zero-order valence-corrected chi connectivity index (χ0v) is 13.8. The number of piperidine rings is 1. The number of hydrogen-bond donors (Lipinski definition) is 2. The van der Waals surface area contributed by atoms with Crippen molar-refractivity contribution in [2.45, 2.75) is 24.9 Å². The van der Waals surface area contributed by atoms with Gasteiger partial charge in [0.05, 0.1) is 5.56 Å². The van der Waals surface area contributed by atoms with Gasteiger partial charge in [-0.2, -0.15) is 13.2 Å². The predicted octanol–water partition coefficient (Wildman–Crippen LogP) is 4.02. The van der Waals surface area contributed by atoms with Gasteiger partial charge in [-0.3, -0.25) is 10.1 Å². The zero-order chi connectivity index (χ0) is 18.0. The van der Waals surface area contributed by atoms with E-state index in [9.17, 15) is 22.4 Å². The van der Waals surface area contributed by atoms with E-state index in [1.54, 1.807) is 6.20 Å². The van der Waals surface area contributed by atoms with Crippen LogP contribution in [0.15, 0.2) is 24.4 Å². The quantitative estimate of drug-likeness (QED) is 0.799. The Kier molecular flexibility index (Phi) is 5.05. The lowest BCUT2D eigenvalue weighted by Crippen LogP contribution is -2.26. The number of aromatic nitrogens is 1. The van der Waals surface area contributed by atoms with E-state index >= 15 is 0 Å². The SMILES string of the molecule is O=C(Nc1ncc(C2CCNCC2)s1)c1cc(F)cc(C(F)(F)F)c1. The van der Waals surface area contributed by atoms with Crippen LogP contribution >= 0.6 is 11.3 Å². The average molecular weight is 373 g/mol. The first-order valence-corrected chi connectivity index (χ1v) is 8.50. The Morgan fingerprint density at radius 1 is 1.24 bits per heavy atom. The van der Waals surface area contributed by atoms with Crippen molar-refractivity contribution in [2.75, 3.05) is 18.4 Å². The number of thiazole rings is 1. The number of benzene rings is 1. The Hall–Kier alpha value is -2.00. The molecule has 0 atom stereocenters. The largest absolute Gasteiger partial charge is 0.416 e. The maximum Gasteiger partial charge on any atom is 0.416 e. The summed E-state index contributed by atoms with van der Waals surface area (Å²) in [5, 5.41) is 5.99. The third-order valence-corrected chi connectivity index (χ3v) is 5.05. The van der Waals surface area contributed by atoms with Crippen molar-refractivity contribution in [3.63, 3.8) is 0 Å². The summed E-state index contributed by atoms with van der Waals surface area (Å²) in [6, 6.07) is 1.75.